The van der Waals surface area contributed by atoms with Crippen molar-refractivity contribution in [2.75, 3.05) is 13.1 Å². The smallest absolute Gasteiger partial charge is 0.269 e. The van der Waals surface area contributed by atoms with E-state index in [1.165, 1.54) is 0 Å². The Balaban J connectivity index is 1.94. The highest BCUT2D eigenvalue weighted by Gasteiger charge is 2.17. The molecular weight excluding hydrogens is 192 g/mol. The van der Waals surface area contributed by atoms with E-state index in [-0.39, 0.29) is 11.9 Å². The van der Waals surface area contributed by atoms with Gasteiger partial charge in [-0.2, -0.15) is 5.10 Å². The highest BCUT2D eigenvalue weighted by Crippen LogP contribution is 2.03. The van der Waals surface area contributed by atoms with E-state index in [9.17, 15) is 4.79 Å². The number of rotatable bonds is 2. The SMILES string of the molecule is Cn1nccc1C(=O)N[C@@H]1CCCNC1. The van der Waals surface area contributed by atoms with Crippen LogP contribution in [0.2, 0.25) is 0 Å². The van der Waals surface area contributed by atoms with Crippen LogP contribution in [0, 0.1) is 0 Å². The number of aryl methyl sites for hydroxylation is 1. The molecule has 0 spiro atoms. The summed E-state index contributed by atoms with van der Waals surface area (Å²) in [6, 6.07) is 1.98. The topological polar surface area (TPSA) is 59.0 Å². The summed E-state index contributed by atoms with van der Waals surface area (Å²) in [7, 11) is 1.77. The van der Waals surface area contributed by atoms with Crippen LogP contribution >= 0.6 is 0 Å². The Morgan fingerprint density at radius 1 is 1.73 bits per heavy atom. The number of hydrogen-bond acceptors (Lipinski definition) is 3. The largest absolute Gasteiger partial charge is 0.347 e. The number of hydrogen-bond donors (Lipinski definition) is 2. The molecule has 0 bridgehead atoms. The average Bonchev–Trinajstić information content (AvgIpc) is 2.66. The Hall–Kier alpha value is -1.36. The predicted molar refractivity (Wildman–Crippen MR) is 56.6 cm³/mol. The Morgan fingerprint density at radius 2 is 2.60 bits per heavy atom. The molecule has 0 aromatic carbocycles. The summed E-state index contributed by atoms with van der Waals surface area (Å²) in [6.07, 6.45) is 3.81. The maximum absolute atomic E-state index is 11.8. The molecule has 2 N–H and O–H groups in total. The molecule has 1 saturated heterocycles. The number of carbonyl (C=O) groups is 1. The zero-order valence-electron chi connectivity index (χ0n) is 8.86. The first-order valence-electron chi connectivity index (χ1n) is 5.27. The van der Waals surface area contributed by atoms with E-state index in [1.54, 1.807) is 24.0 Å². The van der Waals surface area contributed by atoms with Crippen LogP contribution in [-0.2, 0) is 7.05 Å². The number of carbonyl (C=O) groups excluding carboxylic acids is 1. The molecule has 0 unspecified atom stereocenters. The normalized spacial score (nSPS) is 21.3. The molecule has 1 aromatic rings. The fourth-order valence-electron chi connectivity index (χ4n) is 1.83. The van der Waals surface area contributed by atoms with Gasteiger partial charge >= 0.3 is 0 Å². The first-order valence-corrected chi connectivity index (χ1v) is 5.27. The van der Waals surface area contributed by atoms with E-state index >= 15 is 0 Å². The van der Waals surface area contributed by atoms with Crippen LogP contribution in [0.4, 0.5) is 0 Å². The molecular formula is C10H16N4O. The van der Waals surface area contributed by atoms with Gasteiger partial charge in [0.15, 0.2) is 0 Å². The van der Waals surface area contributed by atoms with Crippen molar-refractivity contribution < 1.29 is 4.79 Å². The Bertz CT molecular complexity index is 341. The maximum atomic E-state index is 11.8. The number of amides is 1. The number of piperidine rings is 1. The van der Waals surface area contributed by atoms with Crippen LogP contribution in [0.5, 0.6) is 0 Å². The van der Waals surface area contributed by atoms with E-state index in [0.717, 1.165) is 25.9 Å². The van der Waals surface area contributed by atoms with Crippen molar-refractivity contribution in [3.63, 3.8) is 0 Å². The van der Waals surface area contributed by atoms with Crippen molar-refractivity contribution in [1.82, 2.24) is 20.4 Å². The van der Waals surface area contributed by atoms with Gasteiger partial charge in [0.05, 0.1) is 0 Å². The first-order chi connectivity index (χ1) is 7.27. The molecule has 2 heterocycles. The van der Waals surface area contributed by atoms with Gasteiger partial charge in [-0.25, -0.2) is 0 Å². The molecule has 2 rings (SSSR count). The summed E-state index contributed by atoms with van der Waals surface area (Å²) in [5.74, 6) is -0.0382. The van der Waals surface area contributed by atoms with Crippen molar-refractivity contribution in [3.05, 3.63) is 18.0 Å². The van der Waals surface area contributed by atoms with Crippen LogP contribution in [0.3, 0.4) is 0 Å². The van der Waals surface area contributed by atoms with Crippen molar-refractivity contribution in [2.24, 2.45) is 7.05 Å². The van der Waals surface area contributed by atoms with Gasteiger partial charge < -0.3 is 10.6 Å². The van der Waals surface area contributed by atoms with Crippen LogP contribution in [0.15, 0.2) is 12.3 Å². The third-order valence-electron chi connectivity index (χ3n) is 2.69. The lowest BCUT2D eigenvalue weighted by atomic mass is 10.1. The fraction of sp³-hybridized carbons (Fsp3) is 0.600. The van der Waals surface area contributed by atoms with E-state index < -0.39 is 0 Å². The van der Waals surface area contributed by atoms with Gasteiger partial charge in [0.1, 0.15) is 5.69 Å². The van der Waals surface area contributed by atoms with Gasteiger partial charge in [0.2, 0.25) is 0 Å². The number of aromatic nitrogens is 2. The second-order valence-corrected chi connectivity index (χ2v) is 3.86. The van der Waals surface area contributed by atoms with Crippen molar-refractivity contribution in [2.45, 2.75) is 18.9 Å². The molecule has 1 aliphatic rings. The molecule has 1 aliphatic heterocycles. The molecule has 1 aromatic heterocycles. The molecule has 1 atom stereocenters. The van der Waals surface area contributed by atoms with Gasteiger partial charge in [0, 0.05) is 25.8 Å². The van der Waals surface area contributed by atoms with Crippen molar-refractivity contribution in [3.8, 4) is 0 Å². The molecule has 82 valence electrons. The van der Waals surface area contributed by atoms with Crippen molar-refractivity contribution >= 4 is 5.91 Å². The van der Waals surface area contributed by atoms with Crippen molar-refractivity contribution in [1.29, 1.82) is 0 Å². The summed E-state index contributed by atoms with van der Waals surface area (Å²) in [5, 5.41) is 10.2. The minimum atomic E-state index is -0.0382. The third-order valence-corrected chi connectivity index (χ3v) is 2.69. The summed E-state index contributed by atoms with van der Waals surface area (Å²) < 4.78 is 1.59. The van der Waals surface area contributed by atoms with Crippen LogP contribution in [0.25, 0.3) is 0 Å². The third kappa shape index (κ3) is 2.36. The zero-order valence-corrected chi connectivity index (χ0v) is 8.86. The summed E-state index contributed by atoms with van der Waals surface area (Å²) >= 11 is 0. The van der Waals surface area contributed by atoms with E-state index in [4.69, 9.17) is 0 Å². The number of nitrogens with one attached hydrogen (secondary N) is 2. The fourth-order valence-corrected chi connectivity index (χ4v) is 1.83. The van der Waals surface area contributed by atoms with Gasteiger partial charge in [0.25, 0.3) is 5.91 Å². The quantitative estimate of drug-likeness (QED) is 0.713. The monoisotopic (exact) mass is 208 g/mol. The maximum Gasteiger partial charge on any atom is 0.269 e. The molecule has 5 heteroatoms. The minimum Gasteiger partial charge on any atom is -0.347 e. The number of nitrogens with zero attached hydrogens (tertiary/aromatic N) is 2. The molecule has 0 radical (unpaired) electrons. The van der Waals surface area contributed by atoms with Gasteiger partial charge in [-0.15, -0.1) is 0 Å². The van der Waals surface area contributed by atoms with E-state index in [1.807, 2.05) is 0 Å². The molecule has 1 fully saturated rings. The van der Waals surface area contributed by atoms with Gasteiger partial charge in [-0.3, -0.25) is 9.48 Å². The summed E-state index contributed by atoms with van der Waals surface area (Å²) in [6.45, 7) is 1.92. The first kappa shape index (κ1) is 10.2. The lowest BCUT2D eigenvalue weighted by Crippen LogP contribution is -2.46. The Kier molecular flexibility index (Phi) is 3.01. The molecule has 15 heavy (non-hydrogen) atoms. The Labute approximate surface area is 88.8 Å². The zero-order chi connectivity index (χ0) is 10.7. The van der Waals surface area contributed by atoms with Crippen LogP contribution in [0.1, 0.15) is 23.3 Å². The van der Waals surface area contributed by atoms with E-state index in [2.05, 4.69) is 15.7 Å². The Morgan fingerprint density at radius 3 is 3.20 bits per heavy atom. The molecule has 5 nitrogen and oxygen atoms in total. The van der Waals surface area contributed by atoms with Crippen LogP contribution < -0.4 is 10.6 Å². The average molecular weight is 208 g/mol. The summed E-state index contributed by atoms with van der Waals surface area (Å²) in [4.78, 5) is 11.8. The standard InChI is InChI=1S/C10H16N4O/c1-14-9(4-6-12-14)10(15)13-8-3-2-5-11-7-8/h4,6,8,11H,2-3,5,7H2,1H3,(H,13,15)/t8-/m1/s1. The van der Waals surface area contributed by atoms with E-state index in [0.29, 0.717) is 5.69 Å². The highest BCUT2D eigenvalue weighted by molar-refractivity contribution is 5.92. The molecule has 0 aliphatic carbocycles. The molecule has 1 amide bonds. The second-order valence-electron chi connectivity index (χ2n) is 3.86. The van der Waals surface area contributed by atoms with Crippen LogP contribution in [-0.4, -0.2) is 34.8 Å². The minimum absolute atomic E-state index is 0.0382. The highest BCUT2D eigenvalue weighted by atomic mass is 16.2. The van der Waals surface area contributed by atoms with Gasteiger partial charge in [-0.1, -0.05) is 0 Å². The molecule has 0 saturated carbocycles. The predicted octanol–water partition coefficient (Wildman–Crippen LogP) is -0.0981. The lowest BCUT2D eigenvalue weighted by molar-refractivity contribution is 0.0921. The summed E-state index contributed by atoms with van der Waals surface area (Å²) in [5.41, 5.74) is 0.612. The van der Waals surface area contributed by atoms with Gasteiger partial charge in [-0.05, 0) is 25.5 Å². The second kappa shape index (κ2) is 4.44. The lowest BCUT2D eigenvalue weighted by Gasteiger charge is -2.23.